The van der Waals surface area contributed by atoms with E-state index in [1.54, 1.807) is 30.3 Å². The van der Waals surface area contributed by atoms with Crippen LogP contribution in [0.15, 0.2) is 30.3 Å². The van der Waals surface area contributed by atoms with Gasteiger partial charge in [-0.15, -0.1) is 0 Å². The van der Waals surface area contributed by atoms with Crippen LogP contribution in [0.3, 0.4) is 0 Å². The lowest BCUT2D eigenvalue weighted by molar-refractivity contribution is -0.141. The molecule has 0 unspecified atom stereocenters. The molecule has 45 heavy (non-hydrogen) atoms. The van der Waals surface area contributed by atoms with Crippen molar-refractivity contribution in [1.29, 1.82) is 10.5 Å². The van der Waals surface area contributed by atoms with Crippen LogP contribution in [0.2, 0.25) is 0 Å². The highest BCUT2D eigenvalue weighted by Crippen LogP contribution is 2.41. The Kier molecular flexibility index (Phi) is 12.2. The first-order valence-electron chi connectivity index (χ1n) is 17.0. The van der Waals surface area contributed by atoms with Gasteiger partial charge in [0, 0.05) is 0 Å². The lowest BCUT2D eigenvalue weighted by atomic mass is 9.69. The molecule has 0 saturated heterocycles. The third-order valence-electron chi connectivity index (χ3n) is 10.6. The van der Waals surface area contributed by atoms with Gasteiger partial charge in [-0.3, -0.25) is 9.59 Å². The van der Waals surface area contributed by atoms with E-state index in [9.17, 15) is 9.59 Å². The van der Waals surface area contributed by atoms with Gasteiger partial charge in [0.05, 0.1) is 35.1 Å². The van der Waals surface area contributed by atoms with Crippen molar-refractivity contribution in [3.8, 4) is 23.6 Å². The summed E-state index contributed by atoms with van der Waals surface area (Å²) in [5.41, 5.74) is 3.85. The molecule has 0 atom stereocenters. The Morgan fingerprint density at radius 3 is 1.49 bits per heavy atom. The van der Waals surface area contributed by atoms with Gasteiger partial charge >= 0.3 is 11.9 Å². The fourth-order valence-corrected chi connectivity index (χ4v) is 7.46. The van der Waals surface area contributed by atoms with Crippen molar-refractivity contribution in [2.45, 2.75) is 112 Å². The van der Waals surface area contributed by atoms with E-state index in [-0.39, 0.29) is 23.8 Å². The van der Waals surface area contributed by atoms with Crippen LogP contribution < -0.4 is 9.47 Å². The zero-order valence-corrected chi connectivity index (χ0v) is 27.9. The normalized spacial score (nSPS) is 26.3. The number of rotatable bonds is 5. The minimum Gasteiger partial charge on any atom is -0.426 e. The lowest BCUT2D eigenvalue weighted by Gasteiger charge is -2.36. The van der Waals surface area contributed by atoms with E-state index >= 15 is 0 Å². The quantitative estimate of drug-likeness (QED) is 0.247. The van der Waals surface area contributed by atoms with E-state index < -0.39 is 0 Å². The second-order valence-electron chi connectivity index (χ2n) is 14.1. The second-order valence-corrected chi connectivity index (χ2v) is 14.1. The summed E-state index contributed by atoms with van der Waals surface area (Å²) in [4.78, 5) is 24.6. The van der Waals surface area contributed by atoms with Gasteiger partial charge in [0.2, 0.25) is 0 Å². The van der Waals surface area contributed by atoms with E-state index in [1.165, 1.54) is 38.5 Å². The molecule has 0 bridgehead atoms. The number of aryl methyl sites for hydroxylation is 3. The van der Waals surface area contributed by atoms with E-state index in [1.807, 2.05) is 20.8 Å². The molecule has 3 fully saturated rings. The first kappa shape index (κ1) is 34.2. The standard InChI is InChI=1S/C22H29NO2.C17H21NO2/c1-15-3-5-17(6-4-15)18-7-9-19(10-8-18)22(24)25-21-12-11-20(14-23)16(2)13-21;1-11-4-6-14(7-5-11)17(19)20-15-8-12(2)16(10-18)13(3)9-15/h11-13,15,17-19H,3-10H2,1-2H3;8-9,11,14H,4-7H2,1-3H3. The Bertz CT molecular complexity index is 1390. The van der Waals surface area contributed by atoms with Gasteiger partial charge in [0.25, 0.3) is 0 Å². The van der Waals surface area contributed by atoms with Crippen molar-refractivity contribution in [2.24, 2.45) is 35.5 Å². The van der Waals surface area contributed by atoms with Crippen LogP contribution in [0.1, 0.15) is 119 Å². The molecule has 240 valence electrons. The van der Waals surface area contributed by atoms with E-state index in [4.69, 9.17) is 20.0 Å². The van der Waals surface area contributed by atoms with Crippen LogP contribution in [-0.4, -0.2) is 11.9 Å². The third-order valence-corrected chi connectivity index (χ3v) is 10.6. The molecule has 2 aromatic rings. The van der Waals surface area contributed by atoms with Gasteiger partial charge in [0.15, 0.2) is 0 Å². The molecule has 6 nitrogen and oxygen atoms in total. The average molecular weight is 611 g/mol. The summed E-state index contributed by atoms with van der Waals surface area (Å²) in [6.07, 6.45) is 13.8. The molecule has 2 aromatic carbocycles. The van der Waals surface area contributed by atoms with E-state index in [2.05, 4.69) is 26.0 Å². The van der Waals surface area contributed by atoms with Crippen molar-refractivity contribution in [3.63, 3.8) is 0 Å². The molecular formula is C39H50N2O4. The molecule has 6 heteroatoms. The smallest absolute Gasteiger partial charge is 0.314 e. The van der Waals surface area contributed by atoms with Crippen LogP contribution in [0.25, 0.3) is 0 Å². The summed E-state index contributed by atoms with van der Waals surface area (Å²) in [7, 11) is 0. The van der Waals surface area contributed by atoms with Crippen LogP contribution >= 0.6 is 0 Å². The third kappa shape index (κ3) is 9.43. The highest BCUT2D eigenvalue weighted by atomic mass is 16.5. The number of benzene rings is 2. The van der Waals surface area contributed by atoms with Crippen molar-refractivity contribution in [3.05, 3.63) is 58.1 Å². The van der Waals surface area contributed by atoms with Gasteiger partial charge in [-0.05, 0) is 156 Å². The summed E-state index contributed by atoms with van der Waals surface area (Å²) in [6, 6.07) is 13.1. The fourth-order valence-electron chi connectivity index (χ4n) is 7.46. The SMILES string of the molecule is Cc1cc(OC(=O)C2CCC(C)CC2)cc(C)c1C#N.Cc1cc(OC(=O)C2CCC(C3CCC(C)CC3)CC2)ccc1C#N. The molecule has 0 heterocycles. The van der Waals surface area contributed by atoms with Crippen LogP contribution in [0.5, 0.6) is 11.5 Å². The largest absolute Gasteiger partial charge is 0.426 e. The first-order valence-corrected chi connectivity index (χ1v) is 17.0. The predicted octanol–water partition coefficient (Wildman–Crippen LogP) is 9.31. The van der Waals surface area contributed by atoms with E-state index in [0.717, 1.165) is 78.9 Å². The minimum atomic E-state index is -0.125. The van der Waals surface area contributed by atoms with Gasteiger partial charge in [-0.1, -0.05) is 26.7 Å². The number of carbonyl (C=O) groups excluding carboxylic acids is 2. The minimum absolute atomic E-state index is 0.0301. The fraction of sp³-hybridized carbons (Fsp3) is 0.590. The van der Waals surface area contributed by atoms with Gasteiger partial charge in [0.1, 0.15) is 11.5 Å². The van der Waals surface area contributed by atoms with Crippen LogP contribution in [0, 0.1) is 78.9 Å². The van der Waals surface area contributed by atoms with Crippen LogP contribution in [-0.2, 0) is 9.59 Å². The molecule has 0 aliphatic heterocycles. The Labute approximate surface area is 270 Å². The number of esters is 2. The topological polar surface area (TPSA) is 100 Å². The zero-order chi connectivity index (χ0) is 32.5. The van der Waals surface area contributed by atoms with Crippen LogP contribution in [0.4, 0.5) is 0 Å². The maximum Gasteiger partial charge on any atom is 0.314 e. The number of nitrogens with zero attached hydrogens (tertiary/aromatic N) is 2. The molecule has 3 saturated carbocycles. The van der Waals surface area contributed by atoms with Gasteiger partial charge in [-0.2, -0.15) is 10.5 Å². The Morgan fingerprint density at radius 2 is 1.02 bits per heavy atom. The molecule has 5 rings (SSSR count). The first-order chi connectivity index (χ1) is 21.6. The maximum absolute atomic E-state index is 12.5. The highest BCUT2D eigenvalue weighted by molar-refractivity contribution is 5.76. The number of nitriles is 2. The van der Waals surface area contributed by atoms with Crippen molar-refractivity contribution < 1.29 is 19.1 Å². The Balaban J connectivity index is 0.000000210. The average Bonchev–Trinajstić information content (AvgIpc) is 3.02. The summed E-state index contributed by atoms with van der Waals surface area (Å²) >= 11 is 0. The second kappa shape index (κ2) is 16.1. The molecule has 0 aromatic heterocycles. The number of ether oxygens (including phenoxy) is 2. The predicted molar refractivity (Wildman–Crippen MR) is 175 cm³/mol. The van der Waals surface area contributed by atoms with Crippen molar-refractivity contribution >= 4 is 11.9 Å². The molecule has 0 amide bonds. The summed E-state index contributed by atoms with van der Waals surface area (Å²) in [5, 5.41) is 18.0. The monoisotopic (exact) mass is 610 g/mol. The Hall–Kier alpha value is -3.64. The zero-order valence-electron chi connectivity index (χ0n) is 27.9. The lowest BCUT2D eigenvalue weighted by Crippen LogP contribution is -2.29. The van der Waals surface area contributed by atoms with Gasteiger partial charge in [-0.25, -0.2) is 0 Å². The molecule has 0 radical (unpaired) electrons. The molecule has 0 spiro atoms. The number of hydrogen-bond acceptors (Lipinski definition) is 6. The van der Waals surface area contributed by atoms with Crippen molar-refractivity contribution in [1.82, 2.24) is 0 Å². The molecule has 3 aliphatic carbocycles. The highest BCUT2D eigenvalue weighted by Gasteiger charge is 2.33. The number of carbonyl (C=O) groups is 2. The number of hydrogen-bond donors (Lipinski definition) is 0. The summed E-state index contributed by atoms with van der Waals surface area (Å²) in [5.74, 6) is 4.28. The summed E-state index contributed by atoms with van der Waals surface area (Å²) in [6.45, 7) is 10.2. The van der Waals surface area contributed by atoms with Crippen molar-refractivity contribution in [2.75, 3.05) is 0 Å². The van der Waals surface area contributed by atoms with E-state index in [0.29, 0.717) is 22.6 Å². The molecule has 3 aliphatic rings. The van der Waals surface area contributed by atoms with Gasteiger partial charge < -0.3 is 9.47 Å². The summed E-state index contributed by atoms with van der Waals surface area (Å²) < 4.78 is 11.1. The molecule has 0 N–H and O–H groups in total. The Morgan fingerprint density at radius 1 is 0.600 bits per heavy atom. The molecular weight excluding hydrogens is 560 g/mol. The maximum atomic E-state index is 12.5.